The minimum atomic E-state index is -0.631. The van der Waals surface area contributed by atoms with Gasteiger partial charge < -0.3 is 25.9 Å². The van der Waals surface area contributed by atoms with Gasteiger partial charge in [-0.15, -0.1) is 11.3 Å². The Kier molecular flexibility index (Phi) is 9.10. The monoisotopic (exact) mass is 541 g/mol. The zero-order valence-electron chi connectivity index (χ0n) is 21.7. The van der Waals surface area contributed by atoms with E-state index < -0.39 is 12.2 Å². The van der Waals surface area contributed by atoms with Crippen LogP contribution in [0.2, 0.25) is 0 Å². The topological polar surface area (TPSA) is 162 Å². The minimum absolute atomic E-state index is 0.0224. The van der Waals surface area contributed by atoms with E-state index in [-0.39, 0.29) is 23.8 Å². The van der Waals surface area contributed by atoms with E-state index >= 15 is 0 Å². The number of benzene rings is 1. The Hall–Kier alpha value is -3.32. The Morgan fingerprint density at radius 3 is 2.82 bits per heavy atom. The van der Waals surface area contributed by atoms with E-state index in [9.17, 15) is 9.59 Å². The van der Waals surface area contributed by atoms with Gasteiger partial charge in [-0.2, -0.15) is 10.1 Å². The molecule has 0 radical (unpaired) electrons. The molecule has 1 aromatic carbocycles. The molecule has 0 spiro atoms. The number of methoxy groups -OCH3 is 1. The molecule has 2 heterocycles. The fourth-order valence-electron chi connectivity index (χ4n) is 4.55. The predicted molar refractivity (Wildman–Crippen MR) is 148 cm³/mol. The molecule has 4 rings (SSSR count). The predicted octanol–water partition coefficient (Wildman–Crippen LogP) is 2.39. The van der Waals surface area contributed by atoms with Gasteiger partial charge in [0.05, 0.1) is 19.8 Å². The van der Waals surface area contributed by atoms with Gasteiger partial charge in [-0.3, -0.25) is 10.6 Å². The summed E-state index contributed by atoms with van der Waals surface area (Å²) in [6, 6.07) is 9.91. The highest BCUT2D eigenvalue weighted by Gasteiger charge is 2.41. The number of aryl methyl sites for hydroxylation is 1. The van der Waals surface area contributed by atoms with Gasteiger partial charge in [-0.1, -0.05) is 18.2 Å². The van der Waals surface area contributed by atoms with Gasteiger partial charge >= 0.3 is 6.09 Å². The van der Waals surface area contributed by atoms with Crippen molar-refractivity contribution in [2.75, 3.05) is 26.8 Å². The zero-order valence-corrected chi connectivity index (χ0v) is 22.5. The van der Waals surface area contributed by atoms with Crippen LogP contribution in [-0.2, 0) is 20.7 Å². The third kappa shape index (κ3) is 6.57. The number of hydrogen-bond acceptors (Lipinski definition) is 9. The fourth-order valence-corrected chi connectivity index (χ4v) is 5.81. The number of carbonyl (C=O) groups is 2. The lowest BCUT2D eigenvalue weighted by atomic mass is 10.0. The molecule has 0 unspecified atom stereocenters. The number of morpholine rings is 1. The molecule has 2 aromatic rings. The standard InChI is InChI=1S/C26H35N7O4S/c1-16(33(20-8-9-20)25(34)21-15-32(29)11-12-37-21)22-14-18(7-4-10-30-26(35)36-2)23(38-22)17-5-3-6-19(13-17)24(27)31-28/h3,5-6,10,13-14,16,20-21H,4,7-9,11-12,15,28-29H2,1-2H3,(H2,27,31)/t16-,21-/m1/s1. The van der Waals surface area contributed by atoms with Crippen molar-refractivity contribution < 1.29 is 19.1 Å². The number of carbonyl (C=O) groups excluding carboxylic acids is 2. The molecule has 1 aliphatic carbocycles. The summed E-state index contributed by atoms with van der Waals surface area (Å²) in [5.41, 5.74) is 8.74. The van der Waals surface area contributed by atoms with Crippen LogP contribution in [0.4, 0.5) is 4.79 Å². The number of aliphatic imine (C=N–C) groups is 1. The van der Waals surface area contributed by atoms with Crippen molar-refractivity contribution in [1.29, 1.82) is 0 Å². The molecule has 1 aliphatic heterocycles. The van der Waals surface area contributed by atoms with Gasteiger partial charge in [-0.25, -0.2) is 9.80 Å². The molecule has 2 atom stereocenters. The summed E-state index contributed by atoms with van der Waals surface area (Å²) in [5.74, 6) is 11.6. The normalized spacial score (nSPS) is 19.4. The van der Waals surface area contributed by atoms with E-state index in [1.165, 1.54) is 7.11 Å². The van der Waals surface area contributed by atoms with Crippen LogP contribution in [0.25, 0.3) is 10.4 Å². The number of nitrogens with two attached hydrogens (primary N) is 3. The minimum Gasteiger partial charge on any atom is -0.451 e. The van der Waals surface area contributed by atoms with Gasteiger partial charge in [0.15, 0.2) is 6.10 Å². The first kappa shape index (κ1) is 27.7. The third-order valence-corrected chi connectivity index (χ3v) is 8.10. The molecule has 12 heteroatoms. The SMILES string of the molecule is COC(=O)N=CCCc1cc([C@@H](C)N(C(=O)[C@H]2CN(N)CCO2)C2CC2)sc1-c1cccc(C(N)=NN)c1. The van der Waals surface area contributed by atoms with E-state index in [0.29, 0.717) is 32.5 Å². The summed E-state index contributed by atoms with van der Waals surface area (Å²) >= 11 is 1.64. The van der Waals surface area contributed by atoms with E-state index in [1.807, 2.05) is 29.2 Å². The van der Waals surface area contributed by atoms with Crippen LogP contribution in [0.5, 0.6) is 0 Å². The number of nitrogens with zero attached hydrogens (tertiary/aromatic N) is 4. The van der Waals surface area contributed by atoms with Crippen LogP contribution in [0.1, 0.15) is 48.2 Å². The highest BCUT2D eigenvalue weighted by Crippen LogP contribution is 2.42. The van der Waals surface area contributed by atoms with E-state index in [1.54, 1.807) is 22.6 Å². The van der Waals surface area contributed by atoms with E-state index in [2.05, 4.69) is 27.8 Å². The molecular weight excluding hydrogens is 506 g/mol. The maximum atomic E-state index is 13.6. The van der Waals surface area contributed by atoms with Gasteiger partial charge in [0.25, 0.3) is 5.91 Å². The average molecular weight is 542 g/mol. The fraction of sp³-hybridized carbons (Fsp3) is 0.462. The Morgan fingerprint density at radius 1 is 1.34 bits per heavy atom. The van der Waals surface area contributed by atoms with Crippen molar-refractivity contribution in [2.45, 2.75) is 50.8 Å². The van der Waals surface area contributed by atoms with Gasteiger partial charge in [-0.05, 0) is 55.9 Å². The number of hydrogen-bond donors (Lipinski definition) is 3. The maximum absolute atomic E-state index is 13.6. The van der Waals surface area contributed by atoms with Crippen molar-refractivity contribution in [3.8, 4) is 10.4 Å². The van der Waals surface area contributed by atoms with Crippen LogP contribution in [0, 0.1) is 0 Å². The van der Waals surface area contributed by atoms with E-state index in [0.717, 1.165) is 39.3 Å². The average Bonchev–Trinajstić information content (AvgIpc) is 3.67. The van der Waals surface area contributed by atoms with Crippen molar-refractivity contribution >= 4 is 35.4 Å². The second-order valence-corrected chi connectivity index (χ2v) is 10.5. The summed E-state index contributed by atoms with van der Waals surface area (Å²) < 4.78 is 10.4. The first-order valence-electron chi connectivity index (χ1n) is 12.6. The maximum Gasteiger partial charge on any atom is 0.432 e. The molecule has 11 nitrogen and oxygen atoms in total. The highest BCUT2D eigenvalue weighted by molar-refractivity contribution is 7.15. The molecule has 2 amide bonds. The summed E-state index contributed by atoms with van der Waals surface area (Å²) in [5, 5.41) is 5.26. The second-order valence-electron chi connectivity index (χ2n) is 9.43. The number of rotatable bonds is 9. The zero-order chi connectivity index (χ0) is 27.2. The Balaban J connectivity index is 1.65. The molecule has 0 bridgehead atoms. The first-order chi connectivity index (χ1) is 18.3. The van der Waals surface area contributed by atoms with Crippen molar-refractivity contribution in [1.82, 2.24) is 9.91 Å². The highest BCUT2D eigenvalue weighted by atomic mass is 32.1. The van der Waals surface area contributed by atoms with Crippen LogP contribution in [0.3, 0.4) is 0 Å². The molecule has 2 aliphatic rings. The Labute approximate surface area is 226 Å². The molecule has 1 aromatic heterocycles. The lowest BCUT2D eigenvalue weighted by Gasteiger charge is -2.35. The lowest BCUT2D eigenvalue weighted by Crippen LogP contribution is -2.53. The number of hydrazone groups is 1. The molecule has 1 saturated carbocycles. The van der Waals surface area contributed by atoms with Crippen molar-refractivity contribution in [2.24, 2.45) is 27.5 Å². The smallest absolute Gasteiger partial charge is 0.432 e. The number of hydrazine groups is 1. The van der Waals surface area contributed by atoms with Crippen LogP contribution >= 0.6 is 11.3 Å². The van der Waals surface area contributed by atoms with Crippen molar-refractivity contribution in [3.05, 3.63) is 46.3 Å². The van der Waals surface area contributed by atoms with Gasteiger partial charge in [0.1, 0.15) is 5.84 Å². The molecule has 204 valence electrons. The number of amidine groups is 1. The summed E-state index contributed by atoms with van der Waals surface area (Å²) in [7, 11) is 1.30. The molecule has 6 N–H and O–H groups in total. The van der Waals surface area contributed by atoms with E-state index in [4.69, 9.17) is 22.2 Å². The Morgan fingerprint density at radius 2 is 2.13 bits per heavy atom. The number of ether oxygens (including phenoxy) is 2. The summed E-state index contributed by atoms with van der Waals surface area (Å²) in [6.07, 6.45) is 3.51. The largest absolute Gasteiger partial charge is 0.451 e. The number of thiophene rings is 1. The van der Waals surface area contributed by atoms with Crippen molar-refractivity contribution in [3.63, 3.8) is 0 Å². The molecular formula is C26H35N7O4S. The van der Waals surface area contributed by atoms with Crippen LogP contribution < -0.4 is 17.4 Å². The van der Waals surface area contributed by atoms with Gasteiger partial charge in [0.2, 0.25) is 0 Å². The quantitative estimate of drug-likeness (QED) is 0.189. The first-order valence-corrected chi connectivity index (χ1v) is 13.4. The summed E-state index contributed by atoms with van der Waals surface area (Å²) in [4.78, 5) is 32.8. The molecule has 2 fully saturated rings. The number of amides is 2. The third-order valence-electron chi connectivity index (χ3n) is 6.70. The Bertz CT molecular complexity index is 1210. The second kappa shape index (κ2) is 12.5. The summed E-state index contributed by atoms with van der Waals surface area (Å²) in [6.45, 7) is 3.49. The molecule has 1 saturated heterocycles. The van der Waals surface area contributed by atoms with Crippen LogP contribution in [-0.4, -0.2) is 72.9 Å². The van der Waals surface area contributed by atoms with Crippen LogP contribution in [0.15, 0.2) is 40.4 Å². The lowest BCUT2D eigenvalue weighted by molar-refractivity contribution is -0.152. The molecule has 38 heavy (non-hydrogen) atoms. The van der Waals surface area contributed by atoms with Gasteiger partial charge in [0, 0.05) is 40.7 Å².